The molecule has 1 heterocycles. The van der Waals surface area contributed by atoms with Crippen LogP contribution in [0.3, 0.4) is 0 Å². The Labute approximate surface area is 183 Å². The summed E-state index contributed by atoms with van der Waals surface area (Å²) in [6.45, 7) is 2.60. The van der Waals surface area contributed by atoms with E-state index in [-0.39, 0.29) is 28.9 Å². The van der Waals surface area contributed by atoms with Crippen LogP contribution < -0.4 is 10.1 Å². The number of nitrogens with one attached hydrogen (secondary N) is 1. The molecule has 3 aromatic carbocycles. The lowest BCUT2D eigenvalue weighted by atomic mass is 9.96. The van der Waals surface area contributed by atoms with E-state index in [9.17, 15) is 22.7 Å². The molecular formula is C24H22F4N2O2. The van der Waals surface area contributed by atoms with Crippen molar-refractivity contribution >= 4 is 0 Å². The second kappa shape index (κ2) is 9.18. The number of alkyl halides is 3. The van der Waals surface area contributed by atoms with Crippen molar-refractivity contribution in [2.75, 3.05) is 19.6 Å². The minimum Gasteiger partial charge on any atom is -0.508 e. The minimum absolute atomic E-state index is 0.0209. The van der Waals surface area contributed by atoms with Crippen LogP contribution in [0.25, 0.3) is 11.1 Å². The Morgan fingerprint density at radius 1 is 1.00 bits per heavy atom. The smallest absolute Gasteiger partial charge is 0.508 e. The van der Waals surface area contributed by atoms with Crippen LogP contribution in [0.1, 0.15) is 17.2 Å². The van der Waals surface area contributed by atoms with Gasteiger partial charge in [-0.3, -0.25) is 4.90 Å². The summed E-state index contributed by atoms with van der Waals surface area (Å²) in [6, 6.07) is 17.0. The number of rotatable bonds is 5. The van der Waals surface area contributed by atoms with Crippen molar-refractivity contribution in [2.45, 2.75) is 18.9 Å². The van der Waals surface area contributed by atoms with Crippen molar-refractivity contribution in [3.05, 3.63) is 83.7 Å². The van der Waals surface area contributed by atoms with Crippen LogP contribution in [0.15, 0.2) is 66.7 Å². The van der Waals surface area contributed by atoms with E-state index >= 15 is 0 Å². The van der Waals surface area contributed by atoms with Gasteiger partial charge in [-0.25, -0.2) is 4.39 Å². The molecule has 0 aliphatic carbocycles. The first-order valence-electron chi connectivity index (χ1n) is 10.2. The molecule has 1 atom stereocenters. The Balaban J connectivity index is 1.68. The Kier molecular flexibility index (Phi) is 6.34. The largest absolute Gasteiger partial charge is 0.573 e. The summed E-state index contributed by atoms with van der Waals surface area (Å²) in [5.41, 5.74) is 2.44. The van der Waals surface area contributed by atoms with Crippen LogP contribution >= 0.6 is 0 Å². The fourth-order valence-corrected chi connectivity index (χ4v) is 4.03. The van der Waals surface area contributed by atoms with Gasteiger partial charge < -0.3 is 15.2 Å². The van der Waals surface area contributed by atoms with E-state index in [2.05, 4.69) is 15.0 Å². The van der Waals surface area contributed by atoms with Gasteiger partial charge in [0.15, 0.2) is 0 Å². The molecule has 0 spiro atoms. The summed E-state index contributed by atoms with van der Waals surface area (Å²) >= 11 is 0. The lowest BCUT2D eigenvalue weighted by Crippen LogP contribution is -2.45. The molecular weight excluding hydrogens is 424 g/mol. The maximum Gasteiger partial charge on any atom is 0.573 e. The molecule has 1 fully saturated rings. The summed E-state index contributed by atoms with van der Waals surface area (Å²) in [5, 5.41) is 13.3. The number of phenols is 1. The highest BCUT2D eigenvalue weighted by molar-refractivity contribution is 5.74. The number of nitrogens with zero attached hydrogens (tertiary/aromatic N) is 1. The zero-order valence-electron chi connectivity index (χ0n) is 17.1. The fraction of sp³-hybridized carbons (Fsp3) is 0.250. The van der Waals surface area contributed by atoms with Crippen molar-refractivity contribution < 1.29 is 27.4 Å². The minimum atomic E-state index is -4.85. The van der Waals surface area contributed by atoms with Crippen molar-refractivity contribution in [1.82, 2.24) is 10.2 Å². The first kappa shape index (κ1) is 22.1. The van der Waals surface area contributed by atoms with E-state index in [1.54, 1.807) is 24.3 Å². The van der Waals surface area contributed by atoms with Gasteiger partial charge >= 0.3 is 6.36 Å². The summed E-state index contributed by atoms with van der Waals surface area (Å²) in [7, 11) is 0. The molecule has 1 aliphatic rings. The predicted molar refractivity (Wildman–Crippen MR) is 113 cm³/mol. The zero-order chi connectivity index (χ0) is 22.7. The van der Waals surface area contributed by atoms with Crippen LogP contribution in [0.2, 0.25) is 0 Å². The molecule has 3 aromatic rings. The Morgan fingerprint density at radius 3 is 2.50 bits per heavy atom. The predicted octanol–water partition coefficient (Wildman–Crippen LogP) is 5.24. The molecule has 0 radical (unpaired) electrons. The van der Waals surface area contributed by atoms with E-state index in [1.165, 1.54) is 18.2 Å². The molecule has 0 amide bonds. The van der Waals surface area contributed by atoms with Gasteiger partial charge in [0, 0.05) is 37.8 Å². The summed E-state index contributed by atoms with van der Waals surface area (Å²) in [4.78, 5) is 2.20. The van der Waals surface area contributed by atoms with E-state index in [0.717, 1.165) is 29.8 Å². The van der Waals surface area contributed by atoms with Crippen molar-refractivity contribution in [2.24, 2.45) is 0 Å². The fourth-order valence-electron chi connectivity index (χ4n) is 4.03. The van der Waals surface area contributed by atoms with Gasteiger partial charge in [-0.15, -0.1) is 13.2 Å². The summed E-state index contributed by atoms with van der Waals surface area (Å²) < 4.78 is 56.5. The van der Waals surface area contributed by atoms with Crippen LogP contribution in [0.4, 0.5) is 17.6 Å². The Morgan fingerprint density at radius 2 is 1.75 bits per heavy atom. The Bertz CT molecular complexity index is 1070. The number of phenolic OH excluding ortho intramolecular Hbond substituents is 1. The van der Waals surface area contributed by atoms with Crippen molar-refractivity contribution in [1.29, 1.82) is 0 Å². The highest BCUT2D eigenvalue weighted by Gasteiger charge is 2.33. The number of halogens is 4. The van der Waals surface area contributed by atoms with Crippen molar-refractivity contribution in [3.8, 4) is 22.6 Å². The van der Waals surface area contributed by atoms with Gasteiger partial charge in [0.2, 0.25) is 0 Å². The van der Waals surface area contributed by atoms with Crippen LogP contribution in [-0.4, -0.2) is 36.0 Å². The molecule has 32 heavy (non-hydrogen) atoms. The number of benzene rings is 3. The van der Waals surface area contributed by atoms with Gasteiger partial charge in [-0.1, -0.05) is 36.4 Å². The highest BCUT2D eigenvalue weighted by Crippen LogP contribution is 2.38. The van der Waals surface area contributed by atoms with E-state index in [4.69, 9.17) is 0 Å². The first-order valence-corrected chi connectivity index (χ1v) is 10.2. The second-order valence-corrected chi connectivity index (χ2v) is 7.63. The monoisotopic (exact) mass is 446 g/mol. The lowest BCUT2D eigenvalue weighted by molar-refractivity contribution is -0.274. The summed E-state index contributed by atoms with van der Waals surface area (Å²) in [6.07, 6.45) is -4.85. The number of piperazine rings is 1. The normalized spacial score (nSPS) is 17.3. The maximum atomic E-state index is 13.4. The number of aromatic hydroxyl groups is 1. The molecule has 0 saturated carbocycles. The van der Waals surface area contributed by atoms with Gasteiger partial charge in [0.05, 0.1) is 0 Å². The molecule has 2 N–H and O–H groups in total. The molecule has 1 saturated heterocycles. The number of hydrogen-bond acceptors (Lipinski definition) is 4. The highest BCUT2D eigenvalue weighted by atomic mass is 19.4. The van der Waals surface area contributed by atoms with Gasteiger partial charge in [-0.05, 0) is 47.0 Å². The molecule has 0 bridgehead atoms. The van der Waals surface area contributed by atoms with E-state index < -0.39 is 6.36 Å². The topological polar surface area (TPSA) is 44.7 Å². The molecule has 0 unspecified atom stereocenters. The molecule has 4 nitrogen and oxygen atoms in total. The first-order chi connectivity index (χ1) is 15.3. The molecule has 0 aromatic heterocycles. The van der Waals surface area contributed by atoms with Crippen molar-refractivity contribution in [3.63, 3.8) is 0 Å². The van der Waals surface area contributed by atoms with Crippen LogP contribution in [-0.2, 0) is 6.54 Å². The lowest BCUT2D eigenvalue weighted by Gasteiger charge is -2.37. The SMILES string of the molecule is Oc1ccc(OC(F)(F)F)c(-c2ccccc2CN2CCNC[C@@H]2c2ccc(F)cc2)c1. The molecule has 1 aliphatic heterocycles. The third-order valence-electron chi connectivity index (χ3n) is 5.48. The van der Waals surface area contributed by atoms with E-state index in [1.807, 2.05) is 12.1 Å². The third kappa shape index (κ3) is 5.20. The second-order valence-electron chi connectivity index (χ2n) is 7.63. The quantitative estimate of drug-likeness (QED) is 0.526. The summed E-state index contributed by atoms with van der Waals surface area (Å²) in [5.74, 6) is -0.843. The van der Waals surface area contributed by atoms with Crippen LogP contribution in [0.5, 0.6) is 11.5 Å². The van der Waals surface area contributed by atoms with Gasteiger partial charge in [0.25, 0.3) is 0 Å². The van der Waals surface area contributed by atoms with Gasteiger partial charge in [-0.2, -0.15) is 0 Å². The number of ether oxygens (including phenoxy) is 1. The third-order valence-corrected chi connectivity index (χ3v) is 5.48. The Hall–Kier alpha value is -3.10. The maximum absolute atomic E-state index is 13.4. The standard InChI is InChI=1S/C24H22F4N2O2/c25-18-7-5-16(6-8-18)22-14-29-11-12-30(22)15-17-3-1-2-4-20(17)21-13-19(31)9-10-23(21)32-24(26,27)28/h1-10,13,22,29,31H,11-12,14-15H2/t22-/m1/s1. The van der Waals surface area contributed by atoms with Crippen LogP contribution in [0, 0.1) is 5.82 Å². The molecule has 4 rings (SSSR count). The average Bonchev–Trinajstić information content (AvgIpc) is 2.76. The zero-order valence-corrected chi connectivity index (χ0v) is 17.1. The number of hydrogen-bond donors (Lipinski definition) is 2. The molecule has 168 valence electrons. The average molecular weight is 446 g/mol. The molecule has 8 heteroatoms. The van der Waals surface area contributed by atoms with E-state index in [0.29, 0.717) is 25.2 Å². The van der Waals surface area contributed by atoms with Gasteiger partial charge in [0.1, 0.15) is 17.3 Å².